The molecule has 3 rings (SSSR count). The van der Waals surface area contributed by atoms with Gasteiger partial charge < -0.3 is 9.88 Å². The number of aryl methyl sites for hydroxylation is 1. The highest BCUT2D eigenvalue weighted by Crippen LogP contribution is 2.25. The molecule has 1 saturated heterocycles. The van der Waals surface area contributed by atoms with E-state index in [0.717, 1.165) is 16.0 Å². The largest absolute Gasteiger partial charge is 0.344 e. The van der Waals surface area contributed by atoms with Crippen LogP contribution in [0.2, 0.25) is 5.02 Å². The van der Waals surface area contributed by atoms with Crippen LogP contribution in [-0.2, 0) is 16.6 Å². The Balaban J connectivity index is 1.66. The minimum Gasteiger partial charge on any atom is -0.322 e. The maximum atomic E-state index is 12.3. The predicted octanol–water partition coefficient (Wildman–Crippen LogP) is 2.07. The van der Waals surface area contributed by atoms with Crippen LogP contribution >= 0.6 is 23.4 Å². The van der Waals surface area contributed by atoms with Crippen molar-refractivity contribution in [1.29, 1.82) is 0 Å². The van der Waals surface area contributed by atoms with Gasteiger partial charge in [-0.3, -0.25) is 15.0 Å². The molecule has 0 saturated carbocycles. The van der Waals surface area contributed by atoms with E-state index in [9.17, 15) is 14.4 Å². The van der Waals surface area contributed by atoms with Crippen LogP contribution in [0.15, 0.2) is 23.4 Å². The number of hydrazine groups is 1. The minimum absolute atomic E-state index is 0.00476. The molecule has 10 heteroatoms. The maximum absolute atomic E-state index is 12.3. The smallest absolute Gasteiger partial charge is 0.322 e. The monoisotopic (exact) mass is 395 g/mol. The average Bonchev–Trinajstić information content (AvgIpc) is 3.02. The molecule has 1 aliphatic rings. The van der Waals surface area contributed by atoms with Crippen LogP contribution in [0.4, 0.5) is 4.79 Å². The summed E-state index contributed by atoms with van der Waals surface area (Å²) in [7, 11) is 1.84. The molecule has 0 aliphatic carbocycles. The number of amides is 4. The third-order valence-electron chi connectivity index (χ3n) is 4.34. The van der Waals surface area contributed by atoms with Gasteiger partial charge in [0.1, 0.15) is 5.54 Å². The van der Waals surface area contributed by atoms with Gasteiger partial charge in [-0.05, 0) is 31.5 Å². The number of fused-ring (bicyclic) bond motifs is 1. The quantitative estimate of drug-likeness (QED) is 0.596. The topological polar surface area (TPSA) is 96.3 Å². The molecule has 0 bridgehead atoms. The lowest BCUT2D eigenvalue weighted by Gasteiger charge is -2.19. The zero-order valence-corrected chi connectivity index (χ0v) is 16.1. The Hall–Kier alpha value is -2.26. The Labute approximate surface area is 159 Å². The molecule has 0 radical (unpaired) electrons. The number of nitrogens with one attached hydrogen (secondary N) is 2. The minimum atomic E-state index is -0.992. The number of urea groups is 1. The van der Waals surface area contributed by atoms with Gasteiger partial charge in [-0.25, -0.2) is 9.78 Å². The van der Waals surface area contributed by atoms with Crippen LogP contribution < -0.4 is 10.7 Å². The fourth-order valence-corrected chi connectivity index (χ4v) is 3.54. The molecule has 2 N–H and O–H groups in total. The van der Waals surface area contributed by atoms with Crippen molar-refractivity contribution in [2.75, 3.05) is 5.75 Å². The Morgan fingerprint density at radius 2 is 2.15 bits per heavy atom. The molecule has 1 aromatic carbocycles. The molecule has 2 aromatic rings. The number of hydrogen-bond acceptors (Lipinski definition) is 5. The highest BCUT2D eigenvalue weighted by atomic mass is 35.5. The van der Waals surface area contributed by atoms with Gasteiger partial charge in [0.05, 0.1) is 16.8 Å². The van der Waals surface area contributed by atoms with Gasteiger partial charge in [0.15, 0.2) is 5.16 Å². The zero-order valence-electron chi connectivity index (χ0n) is 14.5. The molecular formula is C16H18ClN5O3S. The van der Waals surface area contributed by atoms with Gasteiger partial charge in [-0.15, -0.1) is 0 Å². The van der Waals surface area contributed by atoms with Crippen molar-refractivity contribution in [3.63, 3.8) is 0 Å². The molecule has 1 aliphatic heterocycles. The molecule has 4 amide bonds. The van der Waals surface area contributed by atoms with Gasteiger partial charge in [-0.2, -0.15) is 5.01 Å². The maximum Gasteiger partial charge on any atom is 0.344 e. The summed E-state index contributed by atoms with van der Waals surface area (Å²) in [5.74, 6) is -0.935. The van der Waals surface area contributed by atoms with E-state index in [1.54, 1.807) is 26.0 Å². The highest BCUT2D eigenvalue weighted by Gasteiger charge is 2.47. The molecule has 2 heterocycles. The first-order valence-corrected chi connectivity index (χ1v) is 9.32. The number of halogens is 1. The number of carbonyl (C=O) groups excluding carboxylic acids is 3. The third kappa shape index (κ3) is 3.24. The van der Waals surface area contributed by atoms with Crippen molar-refractivity contribution in [3.05, 3.63) is 23.2 Å². The fraction of sp³-hybridized carbons (Fsp3) is 0.375. The van der Waals surface area contributed by atoms with Crippen molar-refractivity contribution >= 4 is 52.2 Å². The Kier molecular flexibility index (Phi) is 4.85. The van der Waals surface area contributed by atoms with Crippen molar-refractivity contribution in [1.82, 2.24) is 25.3 Å². The van der Waals surface area contributed by atoms with Gasteiger partial charge in [0.25, 0.3) is 5.91 Å². The lowest BCUT2D eigenvalue weighted by molar-refractivity contribution is -0.137. The van der Waals surface area contributed by atoms with E-state index in [0.29, 0.717) is 16.6 Å². The summed E-state index contributed by atoms with van der Waals surface area (Å²) in [5.41, 5.74) is 2.99. The van der Waals surface area contributed by atoms with Gasteiger partial charge in [0, 0.05) is 12.1 Å². The van der Waals surface area contributed by atoms with Crippen molar-refractivity contribution in [3.8, 4) is 0 Å². The SMILES string of the molecule is CC[C@]1(C)NC(=O)N(NC(=O)CSc2nc3cc(Cl)ccc3n2C)C1=O. The Morgan fingerprint density at radius 3 is 2.81 bits per heavy atom. The van der Waals surface area contributed by atoms with Crippen LogP contribution in [-0.4, -0.2) is 43.7 Å². The third-order valence-corrected chi connectivity index (χ3v) is 5.60. The fourth-order valence-electron chi connectivity index (χ4n) is 2.59. The normalized spacial score (nSPS) is 19.9. The Morgan fingerprint density at radius 1 is 1.42 bits per heavy atom. The summed E-state index contributed by atoms with van der Waals surface area (Å²) in [4.78, 5) is 40.8. The summed E-state index contributed by atoms with van der Waals surface area (Å²) in [5, 5.41) is 4.53. The van der Waals surface area contributed by atoms with Crippen LogP contribution in [0.5, 0.6) is 0 Å². The van der Waals surface area contributed by atoms with Crippen LogP contribution in [0.1, 0.15) is 20.3 Å². The number of nitrogens with zero attached hydrogens (tertiary/aromatic N) is 3. The summed E-state index contributed by atoms with van der Waals surface area (Å²) in [6.07, 6.45) is 0.432. The number of benzene rings is 1. The van der Waals surface area contributed by atoms with E-state index in [1.165, 1.54) is 11.8 Å². The Bertz CT molecular complexity index is 915. The number of imide groups is 1. The molecule has 1 fully saturated rings. The van der Waals surface area contributed by atoms with Crippen molar-refractivity contribution in [2.45, 2.75) is 31.0 Å². The number of aromatic nitrogens is 2. The second-order valence-corrected chi connectivity index (χ2v) is 7.55. The van der Waals surface area contributed by atoms with Crippen LogP contribution in [0.3, 0.4) is 0 Å². The number of carbonyl (C=O) groups is 3. The van der Waals surface area contributed by atoms with E-state index in [-0.39, 0.29) is 5.75 Å². The highest BCUT2D eigenvalue weighted by molar-refractivity contribution is 7.99. The molecule has 138 valence electrons. The zero-order chi connectivity index (χ0) is 19.1. The van der Waals surface area contributed by atoms with E-state index >= 15 is 0 Å². The number of rotatable bonds is 5. The number of thioether (sulfide) groups is 1. The average molecular weight is 396 g/mol. The molecule has 0 unspecified atom stereocenters. The molecule has 8 nitrogen and oxygen atoms in total. The second-order valence-electron chi connectivity index (χ2n) is 6.17. The number of hydrogen-bond donors (Lipinski definition) is 2. The van der Waals surface area contributed by atoms with E-state index in [4.69, 9.17) is 11.6 Å². The molecular weight excluding hydrogens is 378 g/mol. The summed E-state index contributed by atoms with van der Waals surface area (Å²) < 4.78 is 1.85. The first-order chi connectivity index (χ1) is 12.2. The first-order valence-electron chi connectivity index (χ1n) is 7.96. The lowest BCUT2D eigenvalue weighted by Crippen LogP contribution is -2.49. The lowest BCUT2D eigenvalue weighted by atomic mass is 10.00. The second kappa shape index (κ2) is 6.81. The van der Waals surface area contributed by atoms with Crippen LogP contribution in [0, 0.1) is 0 Å². The summed E-state index contributed by atoms with van der Waals surface area (Å²) in [6, 6.07) is 4.75. The van der Waals surface area contributed by atoms with E-state index in [1.807, 2.05) is 17.7 Å². The molecule has 1 aromatic heterocycles. The van der Waals surface area contributed by atoms with E-state index in [2.05, 4.69) is 15.7 Å². The van der Waals surface area contributed by atoms with E-state index < -0.39 is 23.4 Å². The predicted molar refractivity (Wildman–Crippen MR) is 98.7 cm³/mol. The number of imidazole rings is 1. The summed E-state index contributed by atoms with van der Waals surface area (Å²) >= 11 is 7.18. The van der Waals surface area contributed by atoms with Crippen molar-refractivity contribution < 1.29 is 14.4 Å². The summed E-state index contributed by atoms with van der Waals surface area (Å²) in [6.45, 7) is 3.41. The molecule has 1 atom stereocenters. The molecule has 26 heavy (non-hydrogen) atoms. The standard InChI is InChI=1S/C16H18ClN5O3S/c1-4-16(2)13(24)22(14(25)19-16)20-12(23)8-26-15-18-10-7-9(17)5-6-11(10)21(15)3/h5-7H,4,8H2,1-3H3,(H,19,25)(H,20,23)/t16-/m0/s1. The van der Waals surface area contributed by atoms with Gasteiger partial charge in [0.2, 0.25) is 5.91 Å². The van der Waals surface area contributed by atoms with Crippen molar-refractivity contribution in [2.24, 2.45) is 7.05 Å². The van der Waals surface area contributed by atoms with Gasteiger partial charge >= 0.3 is 6.03 Å². The van der Waals surface area contributed by atoms with Crippen LogP contribution in [0.25, 0.3) is 11.0 Å². The first kappa shape index (κ1) is 18.5. The molecule has 0 spiro atoms. The van der Waals surface area contributed by atoms with Gasteiger partial charge in [-0.1, -0.05) is 30.3 Å².